The van der Waals surface area contributed by atoms with Gasteiger partial charge in [-0.2, -0.15) is 5.10 Å². The molecule has 0 aliphatic heterocycles. The number of carbonyl (C=O) groups excluding carboxylic acids is 1. The quantitative estimate of drug-likeness (QED) is 0.462. The Labute approximate surface area is 168 Å². The fraction of sp³-hybridized carbons (Fsp3) is 0.182. The SMILES string of the molecule is Cc1ccccc1-n1c(C)cc(/C=N\NC(=O)Cc2ccc(Br)cc2)c1C. The Balaban J connectivity index is 1.71. The Morgan fingerprint density at radius 2 is 1.81 bits per heavy atom. The minimum atomic E-state index is -0.138. The molecule has 0 unspecified atom stereocenters. The number of aryl methyl sites for hydroxylation is 2. The lowest BCUT2D eigenvalue weighted by atomic mass is 10.1. The Bertz CT molecular complexity index is 987. The van der Waals surface area contributed by atoms with Crippen LogP contribution in [0.3, 0.4) is 0 Å². The third-order valence-corrected chi connectivity index (χ3v) is 5.03. The largest absolute Gasteiger partial charge is 0.318 e. The summed E-state index contributed by atoms with van der Waals surface area (Å²) >= 11 is 3.39. The van der Waals surface area contributed by atoms with Crippen LogP contribution in [0, 0.1) is 20.8 Å². The van der Waals surface area contributed by atoms with Crippen molar-refractivity contribution in [1.29, 1.82) is 0 Å². The number of para-hydroxylation sites is 1. The van der Waals surface area contributed by atoms with Crippen molar-refractivity contribution in [2.45, 2.75) is 27.2 Å². The van der Waals surface area contributed by atoms with Gasteiger partial charge in [0.2, 0.25) is 5.91 Å². The second-order valence-corrected chi connectivity index (χ2v) is 7.46. The van der Waals surface area contributed by atoms with Gasteiger partial charge in [-0.05, 0) is 56.2 Å². The summed E-state index contributed by atoms with van der Waals surface area (Å²) in [6.07, 6.45) is 2.00. The monoisotopic (exact) mass is 423 g/mol. The van der Waals surface area contributed by atoms with Crippen molar-refractivity contribution in [3.8, 4) is 5.69 Å². The van der Waals surface area contributed by atoms with Crippen molar-refractivity contribution in [3.05, 3.63) is 87.1 Å². The van der Waals surface area contributed by atoms with Crippen LogP contribution in [0.2, 0.25) is 0 Å². The molecule has 1 heterocycles. The molecule has 0 bridgehead atoms. The molecule has 0 radical (unpaired) electrons. The molecule has 3 aromatic rings. The van der Waals surface area contributed by atoms with E-state index in [1.807, 2.05) is 36.4 Å². The molecule has 0 saturated carbocycles. The zero-order chi connectivity index (χ0) is 19.4. The van der Waals surface area contributed by atoms with Crippen LogP contribution in [0.1, 0.15) is 28.1 Å². The maximum absolute atomic E-state index is 12.1. The molecular weight excluding hydrogens is 402 g/mol. The van der Waals surface area contributed by atoms with Crippen molar-refractivity contribution in [2.75, 3.05) is 0 Å². The zero-order valence-corrected chi connectivity index (χ0v) is 17.2. The van der Waals surface area contributed by atoms with Crippen LogP contribution in [0.4, 0.5) is 0 Å². The molecule has 0 spiro atoms. The minimum Gasteiger partial charge on any atom is -0.318 e. The van der Waals surface area contributed by atoms with Crippen LogP contribution in [-0.4, -0.2) is 16.7 Å². The topological polar surface area (TPSA) is 46.4 Å². The molecule has 2 aromatic carbocycles. The van der Waals surface area contributed by atoms with Gasteiger partial charge < -0.3 is 4.57 Å². The predicted molar refractivity (Wildman–Crippen MR) is 114 cm³/mol. The maximum Gasteiger partial charge on any atom is 0.244 e. The summed E-state index contributed by atoms with van der Waals surface area (Å²) in [5.41, 5.74) is 9.14. The highest BCUT2D eigenvalue weighted by Gasteiger charge is 2.11. The third-order valence-electron chi connectivity index (χ3n) is 4.50. The molecule has 0 saturated heterocycles. The van der Waals surface area contributed by atoms with Gasteiger partial charge in [0, 0.05) is 27.1 Å². The van der Waals surface area contributed by atoms with Gasteiger partial charge in [0.25, 0.3) is 0 Å². The van der Waals surface area contributed by atoms with Crippen molar-refractivity contribution in [2.24, 2.45) is 5.10 Å². The van der Waals surface area contributed by atoms with E-state index in [2.05, 4.69) is 70.0 Å². The number of aromatic nitrogens is 1. The van der Waals surface area contributed by atoms with E-state index in [0.29, 0.717) is 6.42 Å². The summed E-state index contributed by atoms with van der Waals surface area (Å²) in [6.45, 7) is 6.23. The number of carbonyl (C=O) groups is 1. The number of amides is 1. The van der Waals surface area contributed by atoms with Crippen LogP contribution in [0.15, 0.2) is 64.2 Å². The third kappa shape index (κ3) is 4.55. The lowest BCUT2D eigenvalue weighted by Crippen LogP contribution is -2.19. The van der Waals surface area contributed by atoms with Crippen LogP contribution >= 0.6 is 15.9 Å². The van der Waals surface area contributed by atoms with Crippen LogP contribution in [0.5, 0.6) is 0 Å². The molecular formula is C22H22BrN3O. The molecule has 1 aromatic heterocycles. The van der Waals surface area contributed by atoms with E-state index in [0.717, 1.165) is 32.7 Å². The molecule has 0 fully saturated rings. The van der Waals surface area contributed by atoms with Crippen molar-refractivity contribution in [1.82, 2.24) is 9.99 Å². The number of benzene rings is 2. The first-order chi connectivity index (χ1) is 13.0. The van der Waals surface area contributed by atoms with E-state index in [-0.39, 0.29) is 5.91 Å². The van der Waals surface area contributed by atoms with Crippen LogP contribution < -0.4 is 5.43 Å². The van der Waals surface area contributed by atoms with E-state index in [9.17, 15) is 4.79 Å². The predicted octanol–water partition coefficient (Wildman–Crippen LogP) is 4.86. The van der Waals surface area contributed by atoms with E-state index >= 15 is 0 Å². The molecule has 0 atom stereocenters. The highest BCUT2D eigenvalue weighted by atomic mass is 79.9. The second kappa shape index (κ2) is 8.35. The fourth-order valence-corrected chi connectivity index (χ4v) is 3.37. The summed E-state index contributed by atoms with van der Waals surface area (Å²) in [5.74, 6) is -0.138. The second-order valence-electron chi connectivity index (χ2n) is 6.54. The number of halogens is 1. The van der Waals surface area contributed by atoms with Crippen molar-refractivity contribution < 1.29 is 4.79 Å². The van der Waals surface area contributed by atoms with Gasteiger partial charge in [-0.3, -0.25) is 4.79 Å². The van der Waals surface area contributed by atoms with E-state index < -0.39 is 0 Å². The van der Waals surface area contributed by atoms with Gasteiger partial charge in [0.1, 0.15) is 0 Å². The number of hydrogen-bond acceptors (Lipinski definition) is 2. The Hall–Kier alpha value is -2.66. The van der Waals surface area contributed by atoms with Crippen molar-refractivity contribution >= 4 is 28.1 Å². The van der Waals surface area contributed by atoms with E-state index in [1.54, 1.807) is 6.21 Å². The first kappa shape index (κ1) is 19.1. The molecule has 0 aliphatic rings. The van der Waals surface area contributed by atoms with Gasteiger partial charge in [0.15, 0.2) is 0 Å². The number of hydrogen-bond donors (Lipinski definition) is 1. The molecule has 138 valence electrons. The normalized spacial score (nSPS) is 11.1. The highest BCUT2D eigenvalue weighted by molar-refractivity contribution is 9.10. The number of rotatable bonds is 5. The summed E-state index contributed by atoms with van der Waals surface area (Å²) in [6, 6.07) is 18.0. The van der Waals surface area contributed by atoms with Crippen molar-refractivity contribution in [3.63, 3.8) is 0 Å². The lowest BCUT2D eigenvalue weighted by Gasteiger charge is -2.12. The standard InChI is InChI=1S/C22H22BrN3O/c1-15-6-4-5-7-21(15)26-16(2)12-19(17(26)3)14-24-25-22(27)13-18-8-10-20(23)11-9-18/h4-12,14H,13H2,1-3H3,(H,25,27)/b24-14-. The Kier molecular flexibility index (Phi) is 5.91. The molecule has 1 N–H and O–H groups in total. The summed E-state index contributed by atoms with van der Waals surface area (Å²) < 4.78 is 3.20. The van der Waals surface area contributed by atoms with Crippen LogP contribution in [-0.2, 0) is 11.2 Å². The van der Waals surface area contributed by atoms with E-state index in [1.165, 1.54) is 5.56 Å². The first-order valence-corrected chi connectivity index (χ1v) is 9.56. The van der Waals surface area contributed by atoms with Crippen LogP contribution in [0.25, 0.3) is 5.69 Å². The zero-order valence-electron chi connectivity index (χ0n) is 15.7. The average molecular weight is 424 g/mol. The maximum atomic E-state index is 12.1. The lowest BCUT2D eigenvalue weighted by molar-refractivity contribution is -0.120. The number of hydrazone groups is 1. The molecule has 5 heteroatoms. The Morgan fingerprint density at radius 3 is 2.52 bits per heavy atom. The molecule has 0 aliphatic carbocycles. The molecule has 4 nitrogen and oxygen atoms in total. The van der Waals surface area contributed by atoms with Gasteiger partial charge >= 0.3 is 0 Å². The fourth-order valence-electron chi connectivity index (χ4n) is 3.10. The smallest absolute Gasteiger partial charge is 0.244 e. The van der Waals surface area contributed by atoms with Gasteiger partial charge in [-0.1, -0.05) is 46.3 Å². The van der Waals surface area contributed by atoms with Gasteiger partial charge in [0.05, 0.1) is 12.6 Å². The summed E-state index contributed by atoms with van der Waals surface area (Å²) in [5, 5.41) is 4.14. The Morgan fingerprint density at radius 1 is 1.11 bits per heavy atom. The van der Waals surface area contributed by atoms with E-state index in [4.69, 9.17) is 0 Å². The summed E-state index contributed by atoms with van der Waals surface area (Å²) in [7, 11) is 0. The van der Waals surface area contributed by atoms with Gasteiger partial charge in [-0.25, -0.2) is 5.43 Å². The van der Waals surface area contributed by atoms with Gasteiger partial charge in [-0.15, -0.1) is 0 Å². The number of nitrogens with zero attached hydrogens (tertiary/aromatic N) is 2. The summed E-state index contributed by atoms with van der Waals surface area (Å²) in [4.78, 5) is 12.1. The first-order valence-electron chi connectivity index (χ1n) is 8.77. The molecule has 27 heavy (non-hydrogen) atoms. The number of nitrogens with one attached hydrogen (secondary N) is 1. The molecule has 3 rings (SSSR count). The molecule has 1 amide bonds. The minimum absolute atomic E-state index is 0.138. The average Bonchev–Trinajstić information content (AvgIpc) is 2.91. The highest BCUT2D eigenvalue weighted by Crippen LogP contribution is 2.22.